The molecule has 0 aliphatic rings. The SMILES string of the molecule is CCCCCCC(NN)c1ncccc1C. The predicted molar refractivity (Wildman–Crippen MR) is 67.8 cm³/mol. The minimum Gasteiger partial charge on any atom is -0.271 e. The van der Waals surface area contributed by atoms with Crippen molar-refractivity contribution in [3.8, 4) is 0 Å². The lowest BCUT2D eigenvalue weighted by atomic mass is 10.0. The molecule has 3 heteroatoms. The number of nitrogens with one attached hydrogen (secondary N) is 1. The smallest absolute Gasteiger partial charge is 0.0634 e. The average molecular weight is 221 g/mol. The normalized spacial score (nSPS) is 12.7. The number of hydrogen-bond acceptors (Lipinski definition) is 3. The van der Waals surface area contributed by atoms with E-state index in [0.29, 0.717) is 0 Å². The zero-order chi connectivity index (χ0) is 11.8. The van der Waals surface area contributed by atoms with Gasteiger partial charge in [0.2, 0.25) is 0 Å². The average Bonchev–Trinajstić information content (AvgIpc) is 2.31. The zero-order valence-corrected chi connectivity index (χ0v) is 10.4. The first-order chi connectivity index (χ1) is 7.79. The van der Waals surface area contributed by atoms with E-state index in [0.717, 1.165) is 12.1 Å². The molecule has 1 atom stereocenters. The van der Waals surface area contributed by atoms with Gasteiger partial charge in [-0.25, -0.2) is 0 Å². The van der Waals surface area contributed by atoms with Gasteiger partial charge < -0.3 is 0 Å². The summed E-state index contributed by atoms with van der Waals surface area (Å²) in [5.41, 5.74) is 5.17. The monoisotopic (exact) mass is 221 g/mol. The van der Waals surface area contributed by atoms with Gasteiger partial charge in [0.15, 0.2) is 0 Å². The third-order valence-electron chi connectivity index (χ3n) is 2.93. The van der Waals surface area contributed by atoms with Crippen molar-refractivity contribution < 1.29 is 0 Å². The molecule has 0 spiro atoms. The Morgan fingerprint density at radius 1 is 1.38 bits per heavy atom. The molecule has 0 radical (unpaired) electrons. The van der Waals surface area contributed by atoms with Crippen LogP contribution >= 0.6 is 0 Å². The molecule has 1 aromatic rings. The second kappa shape index (κ2) is 7.36. The number of nitrogens with two attached hydrogens (primary N) is 1. The molecule has 0 aliphatic carbocycles. The number of rotatable bonds is 7. The fourth-order valence-electron chi connectivity index (χ4n) is 1.94. The standard InChI is InChI=1S/C13H23N3/c1-3-4-5-6-9-12(16-14)13-11(2)8-7-10-15-13/h7-8,10,12,16H,3-6,9,14H2,1-2H3. The minimum atomic E-state index is 0.193. The van der Waals surface area contributed by atoms with Gasteiger partial charge in [-0.2, -0.15) is 0 Å². The highest BCUT2D eigenvalue weighted by atomic mass is 15.2. The van der Waals surface area contributed by atoms with Crippen LogP contribution in [-0.2, 0) is 0 Å². The summed E-state index contributed by atoms with van der Waals surface area (Å²) in [5.74, 6) is 5.60. The van der Waals surface area contributed by atoms with Gasteiger partial charge in [0.1, 0.15) is 0 Å². The van der Waals surface area contributed by atoms with E-state index < -0.39 is 0 Å². The number of aromatic nitrogens is 1. The molecule has 1 aromatic heterocycles. The Labute approximate surface area is 98.4 Å². The fourth-order valence-corrected chi connectivity index (χ4v) is 1.94. The van der Waals surface area contributed by atoms with Crippen LogP contribution in [0, 0.1) is 6.92 Å². The second-order valence-electron chi connectivity index (χ2n) is 4.27. The summed E-state index contributed by atoms with van der Waals surface area (Å²) in [4.78, 5) is 4.41. The predicted octanol–water partition coefficient (Wildman–Crippen LogP) is 2.86. The summed E-state index contributed by atoms with van der Waals surface area (Å²) >= 11 is 0. The summed E-state index contributed by atoms with van der Waals surface area (Å²) < 4.78 is 0. The van der Waals surface area contributed by atoms with Gasteiger partial charge in [-0.05, 0) is 25.0 Å². The van der Waals surface area contributed by atoms with Crippen LogP contribution in [-0.4, -0.2) is 4.98 Å². The molecule has 0 fully saturated rings. The molecule has 0 amide bonds. The molecule has 0 saturated carbocycles. The van der Waals surface area contributed by atoms with E-state index in [-0.39, 0.29) is 6.04 Å². The van der Waals surface area contributed by atoms with Crippen molar-refractivity contribution in [2.75, 3.05) is 0 Å². The number of hydrogen-bond donors (Lipinski definition) is 2. The summed E-state index contributed by atoms with van der Waals surface area (Å²) in [5, 5.41) is 0. The Morgan fingerprint density at radius 2 is 2.19 bits per heavy atom. The van der Waals surface area contributed by atoms with Gasteiger partial charge in [0.05, 0.1) is 11.7 Å². The van der Waals surface area contributed by atoms with Gasteiger partial charge in [0.25, 0.3) is 0 Å². The molecule has 0 aliphatic heterocycles. The lowest BCUT2D eigenvalue weighted by molar-refractivity contribution is 0.471. The van der Waals surface area contributed by atoms with E-state index in [2.05, 4.69) is 30.3 Å². The molecule has 0 saturated heterocycles. The largest absolute Gasteiger partial charge is 0.271 e. The van der Waals surface area contributed by atoms with Gasteiger partial charge in [-0.15, -0.1) is 0 Å². The van der Waals surface area contributed by atoms with Crippen LogP contribution < -0.4 is 11.3 Å². The maximum absolute atomic E-state index is 5.60. The molecule has 0 aromatic carbocycles. The number of unbranched alkanes of at least 4 members (excludes halogenated alkanes) is 3. The van der Waals surface area contributed by atoms with E-state index >= 15 is 0 Å². The molecule has 3 nitrogen and oxygen atoms in total. The molecule has 0 bridgehead atoms. The number of pyridine rings is 1. The molecular weight excluding hydrogens is 198 g/mol. The molecule has 1 unspecified atom stereocenters. The minimum absolute atomic E-state index is 0.193. The summed E-state index contributed by atoms with van der Waals surface area (Å²) in [7, 11) is 0. The highest BCUT2D eigenvalue weighted by Gasteiger charge is 2.12. The summed E-state index contributed by atoms with van der Waals surface area (Å²) in [6.45, 7) is 4.31. The zero-order valence-electron chi connectivity index (χ0n) is 10.4. The van der Waals surface area contributed by atoms with Crippen molar-refractivity contribution >= 4 is 0 Å². The van der Waals surface area contributed by atoms with Crippen molar-refractivity contribution in [3.63, 3.8) is 0 Å². The molecular formula is C13H23N3. The van der Waals surface area contributed by atoms with Gasteiger partial charge in [0, 0.05) is 6.20 Å². The molecule has 16 heavy (non-hydrogen) atoms. The first-order valence-corrected chi connectivity index (χ1v) is 6.17. The topological polar surface area (TPSA) is 50.9 Å². The third kappa shape index (κ3) is 3.91. The Balaban J connectivity index is 2.51. The number of nitrogens with zero attached hydrogens (tertiary/aromatic N) is 1. The second-order valence-corrected chi connectivity index (χ2v) is 4.27. The summed E-state index contributed by atoms with van der Waals surface area (Å²) in [6.07, 6.45) is 7.95. The van der Waals surface area contributed by atoms with Crippen molar-refractivity contribution in [2.24, 2.45) is 5.84 Å². The van der Waals surface area contributed by atoms with Crippen LogP contribution in [0.4, 0.5) is 0 Å². The van der Waals surface area contributed by atoms with Crippen LogP contribution in [0.25, 0.3) is 0 Å². The van der Waals surface area contributed by atoms with Crippen LogP contribution in [0.1, 0.15) is 56.3 Å². The van der Waals surface area contributed by atoms with E-state index in [4.69, 9.17) is 5.84 Å². The Bertz CT molecular complexity index is 299. The molecule has 3 N–H and O–H groups in total. The van der Waals surface area contributed by atoms with E-state index in [1.807, 2.05) is 12.3 Å². The first kappa shape index (κ1) is 13.1. The van der Waals surface area contributed by atoms with Gasteiger partial charge >= 0.3 is 0 Å². The number of hydrazine groups is 1. The highest BCUT2D eigenvalue weighted by molar-refractivity contribution is 5.20. The maximum atomic E-state index is 5.60. The van der Waals surface area contributed by atoms with Crippen LogP contribution in [0.5, 0.6) is 0 Å². The Kier molecular flexibility index (Phi) is 6.04. The van der Waals surface area contributed by atoms with Gasteiger partial charge in [-0.1, -0.05) is 38.7 Å². The van der Waals surface area contributed by atoms with E-state index in [1.54, 1.807) is 0 Å². The van der Waals surface area contributed by atoms with Crippen LogP contribution in [0.2, 0.25) is 0 Å². The fraction of sp³-hybridized carbons (Fsp3) is 0.615. The molecule has 1 heterocycles. The molecule has 1 rings (SSSR count). The third-order valence-corrected chi connectivity index (χ3v) is 2.93. The van der Waals surface area contributed by atoms with Crippen LogP contribution in [0.15, 0.2) is 18.3 Å². The number of aryl methyl sites for hydroxylation is 1. The van der Waals surface area contributed by atoms with E-state index in [9.17, 15) is 0 Å². The lowest BCUT2D eigenvalue weighted by Crippen LogP contribution is -2.29. The Morgan fingerprint density at radius 3 is 2.81 bits per heavy atom. The van der Waals surface area contributed by atoms with Crippen LogP contribution in [0.3, 0.4) is 0 Å². The van der Waals surface area contributed by atoms with E-state index in [1.165, 1.54) is 31.2 Å². The van der Waals surface area contributed by atoms with Crippen molar-refractivity contribution in [1.29, 1.82) is 0 Å². The quantitative estimate of drug-likeness (QED) is 0.423. The van der Waals surface area contributed by atoms with Crippen molar-refractivity contribution in [1.82, 2.24) is 10.4 Å². The lowest BCUT2D eigenvalue weighted by Gasteiger charge is -2.17. The first-order valence-electron chi connectivity index (χ1n) is 6.17. The van der Waals surface area contributed by atoms with Crippen molar-refractivity contribution in [3.05, 3.63) is 29.6 Å². The van der Waals surface area contributed by atoms with Gasteiger partial charge in [-0.3, -0.25) is 16.3 Å². The maximum Gasteiger partial charge on any atom is 0.0634 e. The molecule has 90 valence electrons. The summed E-state index contributed by atoms with van der Waals surface area (Å²) in [6, 6.07) is 4.24. The Hall–Kier alpha value is -0.930. The van der Waals surface area contributed by atoms with Crippen molar-refractivity contribution in [2.45, 2.75) is 52.0 Å². The highest BCUT2D eigenvalue weighted by Crippen LogP contribution is 2.20.